The van der Waals surface area contributed by atoms with E-state index in [0.717, 1.165) is 24.3 Å². The van der Waals surface area contributed by atoms with Gasteiger partial charge < -0.3 is 5.32 Å². The summed E-state index contributed by atoms with van der Waals surface area (Å²) in [4.78, 5) is 11.6. The molecular formula is C15H20ClNO. The Morgan fingerprint density at radius 2 is 2.22 bits per heavy atom. The van der Waals surface area contributed by atoms with Gasteiger partial charge in [0.1, 0.15) is 0 Å². The minimum absolute atomic E-state index is 0.0735. The van der Waals surface area contributed by atoms with Crippen LogP contribution in [0.3, 0.4) is 0 Å². The molecule has 1 aliphatic rings. The molecule has 1 aromatic carbocycles. The van der Waals surface area contributed by atoms with Crippen LogP contribution >= 0.6 is 11.6 Å². The molecule has 1 heterocycles. The molecule has 3 heteroatoms. The van der Waals surface area contributed by atoms with Crippen LogP contribution in [0.2, 0.25) is 5.02 Å². The van der Waals surface area contributed by atoms with Crippen molar-refractivity contribution in [3.05, 3.63) is 34.9 Å². The zero-order chi connectivity index (χ0) is 13.2. The van der Waals surface area contributed by atoms with Gasteiger partial charge in [0.05, 0.1) is 0 Å². The maximum atomic E-state index is 11.6. The first-order chi connectivity index (χ1) is 8.49. The van der Waals surface area contributed by atoms with Crippen molar-refractivity contribution >= 4 is 17.5 Å². The second kappa shape index (κ2) is 5.31. The van der Waals surface area contributed by atoms with Crippen molar-refractivity contribution in [1.29, 1.82) is 0 Å². The van der Waals surface area contributed by atoms with Gasteiger partial charge in [0.2, 0.25) is 5.91 Å². The first-order valence-corrected chi connectivity index (χ1v) is 6.92. The quantitative estimate of drug-likeness (QED) is 0.886. The Morgan fingerprint density at radius 1 is 1.44 bits per heavy atom. The van der Waals surface area contributed by atoms with Crippen LogP contribution in [0.5, 0.6) is 0 Å². The highest BCUT2D eigenvalue weighted by Gasteiger charge is 2.37. The van der Waals surface area contributed by atoms with Gasteiger partial charge in [-0.1, -0.05) is 37.6 Å². The van der Waals surface area contributed by atoms with Crippen molar-refractivity contribution in [2.45, 2.75) is 45.1 Å². The number of hydrogen-bond acceptors (Lipinski definition) is 1. The Morgan fingerprint density at radius 3 is 2.78 bits per heavy atom. The molecule has 1 saturated heterocycles. The van der Waals surface area contributed by atoms with Crippen molar-refractivity contribution in [3.8, 4) is 0 Å². The average Bonchev–Trinajstić information content (AvgIpc) is 2.58. The van der Waals surface area contributed by atoms with Gasteiger partial charge in [0, 0.05) is 17.0 Å². The summed E-state index contributed by atoms with van der Waals surface area (Å²) in [5, 5.41) is 3.95. The summed E-state index contributed by atoms with van der Waals surface area (Å²) in [6.07, 6.45) is 3.46. The van der Waals surface area contributed by atoms with E-state index in [-0.39, 0.29) is 11.4 Å². The Bertz CT molecular complexity index is 444. The van der Waals surface area contributed by atoms with Gasteiger partial charge in [-0.05, 0) is 42.9 Å². The lowest BCUT2D eigenvalue weighted by molar-refractivity contribution is -0.119. The molecule has 0 saturated carbocycles. The second-order valence-corrected chi connectivity index (χ2v) is 6.17. The molecule has 0 bridgehead atoms. The number of benzene rings is 1. The van der Waals surface area contributed by atoms with Crippen LogP contribution < -0.4 is 5.32 Å². The molecule has 0 spiro atoms. The SMILES string of the molecule is CC(C)CC1(Cc2cccc(Cl)c2)CCC(=O)N1. The topological polar surface area (TPSA) is 29.1 Å². The number of hydrogen-bond donors (Lipinski definition) is 1. The third kappa shape index (κ3) is 3.26. The van der Waals surface area contributed by atoms with Crippen LogP contribution in [-0.2, 0) is 11.2 Å². The minimum atomic E-state index is -0.0735. The normalized spacial score (nSPS) is 23.4. The number of nitrogens with one attached hydrogen (secondary N) is 1. The molecule has 1 aliphatic heterocycles. The van der Waals surface area contributed by atoms with Crippen molar-refractivity contribution < 1.29 is 4.79 Å². The lowest BCUT2D eigenvalue weighted by Crippen LogP contribution is -2.44. The molecule has 0 aliphatic carbocycles. The molecule has 1 unspecified atom stereocenters. The van der Waals surface area contributed by atoms with Gasteiger partial charge in [-0.2, -0.15) is 0 Å². The van der Waals surface area contributed by atoms with Gasteiger partial charge >= 0.3 is 0 Å². The molecule has 1 amide bonds. The van der Waals surface area contributed by atoms with Crippen LogP contribution in [-0.4, -0.2) is 11.4 Å². The summed E-state index contributed by atoms with van der Waals surface area (Å²) >= 11 is 6.02. The molecule has 1 N–H and O–H groups in total. The van der Waals surface area contributed by atoms with E-state index in [2.05, 4.69) is 25.2 Å². The van der Waals surface area contributed by atoms with Gasteiger partial charge in [0.15, 0.2) is 0 Å². The Balaban J connectivity index is 2.18. The van der Waals surface area contributed by atoms with Gasteiger partial charge in [0.25, 0.3) is 0 Å². The summed E-state index contributed by atoms with van der Waals surface area (Å²) in [5.41, 5.74) is 1.13. The van der Waals surface area contributed by atoms with E-state index in [1.165, 1.54) is 5.56 Å². The van der Waals surface area contributed by atoms with Gasteiger partial charge in [-0.25, -0.2) is 0 Å². The molecule has 1 aromatic rings. The van der Waals surface area contributed by atoms with Crippen molar-refractivity contribution in [2.24, 2.45) is 5.92 Å². The molecule has 2 nitrogen and oxygen atoms in total. The van der Waals surface area contributed by atoms with E-state index in [9.17, 15) is 4.79 Å². The van der Waals surface area contributed by atoms with E-state index in [1.54, 1.807) is 0 Å². The summed E-state index contributed by atoms with van der Waals surface area (Å²) in [6, 6.07) is 7.93. The molecule has 18 heavy (non-hydrogen) atoms. The summed E-state index contributed by atoms with van der Waals surface area (Å²) in [7, 11) is 0. The maximum Gasteiger partial charge on any atom is 0.220 e. The van der Waals surface area contributed by atoms with E-state index < -0.39 is 0 Å². The van der Waals surface area contributed by atoms with Crippen molar-refractivity contribution in [3.63, 3.8) is 0 Å². The molecule has 98 valence electrons. The van der Waals surface area contributed by atoms with Gasteiger partial charge in [-0.3, -0.25) is 4.79 Å². The van der Waals surface area contributed by atoms with Crippen LogP contribution in [0.4, 0.5) is 0 Å². The monoisotopic (exact) mass is 265 g/mol. The highest BCUT2D eigenvalue weighted by molar-refractivity contribution is 6.30. The largest absolute Gasteiger partial charge is 0.350 e. The zero-order valence-corrected chi connectivity index (χ0v) is 11.8. The molecule has 0 aromatic heterocycles. The zero-order valence-electron chi connectivity index (χ0n) is 11.0. The number of amides is 1. The number of carbonyl (C=O) groups excluding carboxylic acids is 1. The summed E-state index contributed by atoms with van der Waals surface area (Å²) in [5.74, 6) is 0.750. The molecule has 1 atom stereocenters. The first-order valence-electron chi connectivity index (χ1n) is 6.55. The van der Waals surface area contributed by atoms with Crippen molar-refractivity contribution in [2.75, 3.05) is 0 Å². The lowest BCUT2D eigenvalue weighted by atomic mass is 9.82. The standard InChI is InChI=1S/C15H20ClNO/c1-11(2)9-15(7-6-14(18)17-15)10-12-4-3-5-13(16)8-12/h3-5,8,11H,6-7,9-10H2,1-2H3,(H,17,18). The Kier molecular flexibility index (Phi) is 3.96. The van der Waals surface area contributed by atoms with Crippen LogP contribution in [0.15, 0.2) is 24.3 Å². The summed E-state index contributed by atoms with van der Waals surface area (Å²) < 4.78 is 0. The third-order valence-electron chi connectivity index (χ3n) is 3.47. The summed E-state index contributed by atoms with van der Waals surface area (Å²) in [6.45, 7) is 4.40. The highest BCUT2D eigenvalue weighted by Crippen LogP contribution is 2.31. The third-order valence-corrected chi connectivity index (χ3v) is 3.70. The highest BCUT2D eigenvalue weighted by atomic mass is 35.5. The average molecular weight is 266 g/mol. The Hall–Kier alpha value is -1.02. The Labute approximate surface area is 114 Å². The van der Waals surface area contributed by atoms with Gasteiger partial charge in [-0.15, -0.1) is 0 Å². The number of carbonyl (C=O) groups is 1. The van der Waals surface area contributed by atoms with Crippen LogP contribution in [0.1, 0.15) is 38.7 Å². The number of halogens is 1. The second-order valence-electron chi connectivity index (χ2n) is 5.73. The predicted molar refractivity (Wildman–Crippen MR) is 74.7 cm³/mol. The van der Waals surface area contributed by atoms with E-state index in [0.29, 0.717) is 12.3 Å². The fraction of sp³-hybridized carbons (Fsp3) is 0.533. The van der Waals surface area contributed by atoms with E-state index >= 15 is 0 Å². The molecule has 1 fully saturated rings. The molecule has 2 rings (SSSR count). The number of rotatable bonds is 4. The van der Waals surface area contributed by atoms with Crippen LogP contribution in [0.25, 0.3) is 0 Å². The fourth-order valence-electron chi connectivity index (χ4n) is 2.95. The predicted octanol–water partition coefficient (Wildman–Crippen LogP) is 3.58. The maximum absolute atomic E-state index is 11.6. The lowest BCUT2D eigenvalue weighted by Gasteiger charge is -2.31. The first kappa shape index (κ1) is 13.4. The fourth-order valence-corrected chi connectivity index (χ4v) is 3.16. The van der Waals surface area contributed by atoms with Crippen LogP contribution in [0, 0.1) is 5.92 Å². The van der Waals surface area contributed by atoms with Crippen molar-refractivity contribution in [1.82, 2.24) is 5.32 Å². The smallest absolute Gasteiger partial charge is 0.220 e. The van der Waals surface area contributed by atoms with E-state index in [1.807, 2.05) is 18.2 Å². The minimum Gasteiger partial charge on any atom is -0.350 e. The molecular weight excluding hydrogens is 246 g/mol. The van der Waals surface area contributed by atoms with E-state index in [4.69, 9.17) is 11.6 Å². The molecule has 0 radical (unpaired) electrons.